The van der Waals surface area contributed by atoms with E-state index in [9.17, 15) is 5.11 Å². The SMILES string of the molecule is Oc1ccc(Cl)cc1N1C(=S)N[C@@H](c2ccccn2)[C@@H]1c1ccc(-c2cccc(Cl)c2Cl)o1. The first-order chi connectivity index (χ1) is 15.9. The van der Waals surface area contributed by atoms with Crippen LogP contribution >= 0.6 is 47.0 Å². The van der Waals surface area contributed by atoms with Gasteiger partial charge in [-0.3, -0.25) is 4.98 Å². The van der Waals surface area contributed by atoms with Gasteiger partial charge in [-0.2, -0.15) is 0 Å². The summed E-state index contributed by atoms with van der Waals surface area (Å²) in [7, 11) is 0. The maximum Gasteiger partial charge on any atom is 0.174 e. The number of furan rings is 1. The molecule has 5 nitrogen and oxygen atoms in total. The molecule has 4 aromatic rings. The number of aromatic nitrogens is 1. The second-order valence-corrected chi connectivity index (χ2v) is 9.04. The molecule has 0 aliphatic carbocycles. The van der Waals surface area contributed by atoms with Gasteiger partial charge in [-0.25, -0.2) is 0 Å². The van der Waals surface area contributed by atoms with E-state index in [-0.39, 0.29) is 11.8 Å². The Balaban J connectivity index is 1.64. The smallest absolute Gasteiger partial charge is 0.174 e. The van der Waals surface area contributed by atoms with Crippen LogP contribution < -0.4 is 10.2 Å². The number of phenols is 1. The molecule has 0 amide bonds. The second-order valence-electron chi connectivity index (χ2n) is 7.43. The molecule has 2 aromatic heterocycles. The predicted molar refractivity (Wildman–Crippen MR) is 135 cm³/mol. The van der Waals surface area contributed by atoms with Crippen LogP contribution in [-0.2, 0) is 0 Å². The first-order valence-corrected chi connectivity index (χ1v) is 11.5. The summed E-state index contributed by atoms with van der Waals surface area (Å²) in [6, 6.07) is 18.7. The highest BCUT2D eigenvalue weighted by Gasteiger charge is 2.43. The average Bonchev–Trinajstić information content (AvgIpc) is 3.42. The van der Waals surface area contributed by atoms with E-state index in [2.05, 4.69) is 10.3 Å². The quantitative estimate of drug-likeness (QED) is 0.280. The van der Waals surface area contributed by atoms with E-state index >= 15 is 0 Å². The molecule has 2 aromatic carbocycles. The predicted octanol–water partition coefficient (Wildman–Crippen LogP) is 7.18. The van der Waals surface area contributed by atoms with Crippen LogP contribution in [-0.4, -0.2) is 15.2 Å². The number of rotatable bonds is 4. The van der Waals surface area contributed by atoms with Gasteiger partial charge in [0.2, 0.25) is 0 Å². The fraction of sp³-hybridized carbons (Fsp3) is 0.0833. The summed E-state index contributed by atoms with van der Waals surface area (Å²) >= 11 is 24.5. The summed E-state index contributed by atoms with van der Waals surface area (Å²) < 4.78 is 6.28. The molecular formula is C24H16Cl3N3O2S. The Morgan fingerprint density at radius 1 is 1.00 bits per heavy atom. The van der Waals surface area contributed by atoms with Crippen molar-refractivity contribution in [2.75, 3.05) is 4.90 Å². The van der Waals surface area contributed by atoms with Crippen LogP contribution in [0.3, 0.4) is 0 Å². The van der Waals surface area contributed by atoms with Gasteiger partial charge in [0.05, 0.1) is 27.5 Å². The van der Waals surface area contributed by atoms with E-state index < -0.39 is 6.04 Å². The van der Waals surface area contributed by atoms with E-state index in [4.69, 9.17) is 51.4 Å². The lowest BCUT2D eigenvalue weighted by Gasteiger charge is -2.26. The summed E-state index contributed by atoms with van der Waals surface area (Å²) in [5.41, 5.74) is 1.91. The fourth-order valence-corrected chi connectivity index (χ4v) is 4.84. The molecule has 1 saturated heterocycles. The third kappa shape index (κ3) is 4.04. The number of thiocarbonyl (C=S) groups is 1. The van der Waals surface area contributed by atoms with E-state index in [1.807, 2.05) is 42.5 Å². The van der Waals surface area contributed by atoms with E-state index in [0.29, 0.717) is 43.0 Å². The van der Waals surface area contributed by atoms with Crippen LogP contribution in [0, 0.1) is 0 Å². The number of hydrogen-bond acceptors (Lipinski definition) is 4. The minimum atomic E-state index is -0.455. The lowest BCUT2D eigenvalue weighted by Crippen LogP contribution is -2.29. The standard InChI is InChI=1S/C24H16Cl3N3O2S/c25-13-7-8-18(31)17(12-13)30-23(22(29-24(30)33)16-6-1-2-11-28-16)20-10-9-19(32-20)14-4-3-5-15(26)21(14)27/h1-12,22-23,31H,(H,29,33)/t22-,23-/m0/s1. The largest absolute Gasteiger partial charge is 0.506 e. The highest BCUT2D eigenvalue weighted by atomic mass is 35.5. The molecule has 0 unspecified atom stereocenters. The van der Waals surface area contributed by atoms with Crippen LogP contribution in [0.25, 0.3) is 11.3 Å². The number of phenolic OH excluding ortho intramolecular Hbond substituents is 1. The van der Waals surface area contributed by atoms with Crippen molar-refractivity contribution in [2.24, 2.45) is 0 Å². The molecule has 33 heavy (non-hydrogen) atoms. The van der Waals surface area contributed by atoms with Crippen molar-refractivity contribution >= 4 is 57.8 Å². The monoisotopic (exact) mass is 515 g/mol. The maximum absolute atomic E-state index is 10.6. The highest BCUT2D eigenvalue weighted by Crippen LogP contribution is 2.46. The van der Waals surface area contributed by atoms with E-state index in [0.717, 1.165) is 5.69 Å². The lowest BCUT2D eigenvalue weighted by molar-refractivity contribution is 0.434. The molecule has 0 spiro atoms. The topological polar surface area (TPSA) is 61.5 Å². The van der Waals surface area contributed by atoms with Gasteiger partial charge in [0.15, 0.2) is 5.11 Å². The normalized spacial score (nSPS) is 17.9. The number of nitrogens with zero attached hydrogens (tertiary/aromatic N) is 2. The van der Waals surface area contributed by atoms with Gasteiger partial charge in [-0.15, -0.1) is 0 Å². The molecule has 3 heterocycles. The van der Waals surface area contributed by atoms with Gasteiger partial charge in [-0.05, 0) is 66.8 Å². The van der Waals surface area contributed by atoms with Crippen molar-refractivity contribution < 1.29 is 9.52 Å². The average molecular weight is 517 g/mol. The summed E-state index contributed by atoms with van der Waals surface area (Å²) in [6.07, 6.45) is 1.72. The van der Waals surface area contributed by atoms with Gasteiger partial charge in [0.1, 0.15) is 23.3 Å². The summed E-state index contributed by atoms with van der Waals surface area (Å²) in [5, 5.41) is 15.7. The molecule has 166 valence electrons. The zero-order valence-electron chi connectivity index (χ0n) is 16.9. The van der Waals surface area contributed by atoms with Crippen molar-refractivity contribution in [3.8, 4) is 17.1 Å². The van der Waals surface area contributed by atoms with Gasteiger partial charge < -0.3 is 19.7 Å². The van der Waals surface area contributed by atoms with E-state index in [1.165, 1.54) is 6.07 Å². The zero-order chi connectivity index (χ0) is 23.1. The Morgan fingerprint density at radius 2 is 1.85 bits per heavy atom. The zero-order valence-corrected chi connectivity index (χ0v) is 20.0. The van der Waals surface area contributed by atoms with Crippen molar-refractivity contribution in [3.05, 3.63) is 99.4 Å². The van der Waals surface area contributed by atoms with Gasteiger partial charge in [0, 0.05) is 16.8 Å². The van der Waals surface area contributed by atoms with Crippen molar-refractivity contribution in [3.63, 3.8) is 0 Å². The molecule has 0 saturated carbocycles. The lowest BCUT2D eigenvalue weighted by atomic mass is 10.0. The summed E-state index contributed by atoms with van der Waals surface area (Å²) in [5.74, 6) is 1.20. The number of halogens is 3. The molecule has 1 fully saturated rings. The molecule has 5 rings (SSSR count). The van der Waals surface area contributed by atoms with Crippen LogP contribution in [0.1, 0.15) is 23.5 Å². The minimum absolute atomic E-state index is 0.0416. The Morgan fingerprint density at radius 3 is 2.64 bits per heavy atom. The Kier molecular flexibility index (Phi) is 5.93. The first kappa shape index (κ1) is 22.0. The molecule has 1 aliphatic rings. The summed E-state index contributed by atoms with van der Waals surface area (Å²) in [6.45, 7) is 0. The molecule has 0 radical (unpaired) electrons. The number of aromatic hydroxyl groups is 1. The minimum Gasteiger partial charge on any atom is -0.506 e. The van der Waals surface area contributed by atoms with E-state index in [1.54, 1.807) is 29.3 Å². The molecule has 9 heteroatoms. The number of benzene rings is 2. The first-order valence-electron chi connectivity index (χ1n) is 9.97. The Labute approximate surface area is 210 Å². The third-order valence-electron chi connectivity index (χ3n) is 5.43. The number of nitrogens with one attached hydrogen (secondary N) is 1. The summed E-state index contributed by atoms with van der Waals surface area (Å²) in [4.78, 5) is 6.30. The second kappa shape index (κ2) is 8.88. The molecule has 0 bridgehead atoms. The highest BCUT2D eigenvalue weighted by molar-refractivity contribution is 7.80. The molecular weight excluding hydrogens is 501 g/mol. The maximum atomic E-state index is 10.6. The fourth-order valence-electron chi connectivity index (χ4n) is 3.94. The number of hydrogen-bond donors (Lipinski definition) is 2. The number of anilines is 1. The van der Waals surface area contributed by atoms with Crippen molar-refractivity contribution in [2.45, 2.75) is 12.1 Å². The van der Waals surface area contributed by atoms with Gasteiger partial charge >= 0.3 is 0 Å². The molecule has 2 N–H and O–H groups in total. The van der Waals surface area contributed by atoms with Gasteiger partial charge in [-0.1, -0.05) is 46.9 Å². The van der Waals surface area contributed by atoms with Crippen molar-refractivity contribution in [1.29, 1.82) is 0 Å². The van der Waals surface area contributed by atoms with Crippen LogP contribution in [0.2, 0.25) is 15.1 Å². The Bertz CT molecular complexity index is 1350. The third-order valence-corrected chi connectivity index (χ3v) is 6.80. The van der Waals surface area contributed by atoms with Crippen LogP contribution in [0.4, 0.5) is 5.69 Å². The number of pyridine rings is 1. The molecule has 2 atom stereocenters. The van der Waals surface area contributed by atoms with Gasteiger partial charge in [0.25, 0.3) is 0 Å². The van der Waals surface area contributed by atoms with Crippen molar-refractivity contribution in [1.82, 2.24) is 10.3 Å². The van der Waals surface area contributed by atoms with Crippen LogP contribution in [0.5, 0.6) is 5.75 Å². The van der Waals surface area contributed by atoms with Crippen LogP contribution in [0.15, 0.2) is 77.3 Å². The Hall–Kier alpha value is -2.77. The molecule has 1 aliphatic heterocycles.